The van der Waals surface area contributed by atoms with E-state index in [1.807, 2.05) is 0 Å². The molecule has 0 saturated carbocycles. The van der Waals surface area contributed by atoms with Gasteiger partial charge in [-0.25, -0.2) is 0 Å². The highest BCUT2D eigenvalue weighted by Crippen LogP contribution is 2.50. The fourth-order valence-electron chi connectivity index (χ4n) is 1.87. The van der Waals surface area contributed by atoms with E-state index in [0.29, 0.717) is 12.1 Å². The largest absolute Gasteiger partial charge is 0.416 e. The Labute approximate surface area is 132 Å². The summed E-state index contributed by atoms with van der Waals surface area (Å²) in [5.41, 5.74) is -2.16. The Morgan fingerprint density at radius 2 is 1.09 bits per heavy atom. The van der Waals surface area contributed by atoms with Gasteiger partial charge < -0.3 is 0 Å². The lowest BCUT2D eigenvalue weighted by Gasteiger charge is -2.15. The van der Waals surface area contributed by atoms with Gasteiger partial charge in [0.1, 0.15) is 0 Å². The van der Waals surface area contributed by atoms with E-state index in [2.05, 4.69) is 0 Å². The summed E-state index contributed by atoms with van der Waals surface area (Å²) < 4.78 is 88.8. The summed E-state index contributed by atoms with van der Waals surface area (Å²) in [6.45, 7) is -4.12. The second-order valence-corrected chi connectivity index (χ2v) is 8.15. The highest BCUT2D eigenvalue weighted by atomic mass is 35.7. The van der Waals surface area contributed by atoms with Gasteiger partial charge in [-0.2, -0.15) is 26.3 Å². The first-order chi connectivity index (χ1) is 10.4. The van der Waals surface area contributed by atoms with Gasteiger partial charge in [0.05, 0.1) is 11.1 Å². The van der Waals surface area contributed by atoms with Crippen molar-refractivity contribution in [3.63, 3.8) is 0 Å². The Kier molecular flexibility index (Phi) is 4.57. The molecule has 0 aliphatic carbocycles. The van der Waals surface area contributed by atoms with Crippen LogP contribution in [0.15, 0.2) is 48.5 Å². The lowest BCUT2D eigenvalue weighted by atomic mass is 10.2. The fraction of sp³-hybridized carbons (Fsp3) is 0.143. The Balaban J connectivity index is 2.53. The third-order valence-corrected chi connectivity index (χ3v) is 6.07. The molecule has 0 unspecified atom stereocenters. The Morgan fingerprint density at radius 3 is 1.39 bits per heavy atom. The molecular formula is C14H8ClF6OP. The third kappa shape index (κ3) is 3.90. The fourth-order valence-corrected chi connectivity index (χ4v) is 3.97. The van der Waals surface area contributed by atoms with Gasteiger partial charge in [-0.3, -0.25) is 4.57 Å². The van der Waals surface area contributed by atoms with E-state index in [-0.39, 0.29) is 10.6 Å². The molecule has 0 aliphatic rings. The van der Waals surface area contributed by atoms with Gasteiger partial charge >= 0.3 is 12.4 Å². The van der Waals surface area contributed by atoms with Gasteiger partial charge in [0.15, 0.2) is 0 Å². The summed E-state index contributed by atoms with van der Waals surface area (Å²) in [6.07, 6.45) is -9.36. The zero-order valence-electron chi connectivity index (χ0n) is 11.1. The number of rotatable bonds is 2. The Hall–Kier alpha value is -1.46. The van der Waals surface area contributed by atoms with Crippen LogP contribution in [0, 0.1) is 0 Å². The summed E-state index contributed by atoms with van der Waals surface area (Å²) in [5.74, 6) is 0. The summed E-state index contributed by atoms with van der Waals surface area (Å²) in [6, 6.07) is 6.84. The molecule has 124 valence electrons. The van der Waals surface area contributed by atoms with Crippen LogP contribution in [0.4, 0.5) is 26.3 Å². The monoisotopic (exact) mass is 372 g/mol. The standard InChI is InChI=1S/C14H8ClF6OP/c15-23(22,11-5-1-3-9(7-11)13(16,17)18)12-6-2-4-10(8-12)14(19,20)21/h1-8H. The van der Waals surface area contributed by atoms with Crippen LogP contribution >= 0.6 is 17.7 Å². The molecule has 0 radical (unpaired) electrons. The van der Waals surface area contributed by atoms with Crippen molar-refractivity contribution in [2.24, 2.45) is 0 Å². The van der Waals surface area contributed by atoms with Crippen LogP contribution in [0.1, 0.15) is 11.1 Å². The maximum absolute atomic E-state index is 12.7. The summed E-state index contributed by atoms with van der Waals surface area (Å²) in [4.78, 5) is 0. The van der Waals surface area contributed by atoms with Crippen molar-refractivity contribution in [3.8, 4) is 0 Å². The third-order valence-electron chi connectivity index (χ3n) is 3.01. The first-order valence-electron chi connectivity index (χ1n) is 6.08. The first-order valence-corrected chi connectivity index (χ1v) is 8.69. The molecule has 0 atom stereocenters. The maximum atomic E-state index is 12.7. The molecule has 23 heavy (non-hydrogen) atoms. The Bertz CT molecular complexity index is 707. The zero-order chi connectivity index (χ0) is 17.5. The van der Waals surface area contributed by atoms with Crippen LogP contribution in [-0.2, 0) is 16.9 Å². The van der Waals surface area contributed by atoms with Gasteiger partial charge in [0.25, 0.3) is 0 Å². The molecule has 0 amide bonds. The lowest BCUT2D eigenvalue weighted by molar-refractivity contribution is -0.138. The van der Waals surface area contributed by atoms with Crippen molar-refractivity contribution in [1.29, 1.82) is 0 Å². The van der Waals surface area contributed by atoms with Gasteiger partial charge in [-0.05, 0) is 47.6 Å². The maximum Gasteiger partial charge on any atom is 0.416 e. The minimum atomic E-state index is -4.68. The SMILES string of the molecule is O=P(Cl)(c1cccc(C(F)(F)F)c1)c1cccc(C(F)(F)F)c1. The van der Waals surface area contributed by atoms with Gasteiger partial charge in [0.2, 0.25) is 6.49 Å². The molecule has 0 N–H and O–H groups in total. The summed E-state index contributed by atoms with van der Waals surface area (Å²) in [5, 5.41) is -0.762. The quantitative estimate of drug-likeness (QED) is 0.523. The van der Waals surface area contributed by atoms with Crippen LogP contribution in [0.5, 0.6) is 0 Å². The molecule has 1 nitrogen and oxygen atoms in total. The number of benzene rings is 2. The number of hydrogen-bond donors (Lipinski definition) is 0. The number of hydrogen-bond acceptors (Lipinski definition) is 1. The summed E-state index contributed by atoms with van der Waals surface area (Å²) in [7, 11) is 0. The molecule has 2 rings (SSSR count). The molecule has 0 saturated heterocycles. The van der Waals surface area contributed by atoms with Crippen LogP contribution in [0.3, 0.4) is 0 Å². The zero-order valence-corrected chi connectivity index (χ0v) is 12.8. The molecule has 0 aromatic heterocycles. The predicted molar refractivity (Wildman–Crippen MR) is 75.6 cm³/mol. The van der Waals surface area contributed by atoms with E-state index in [9.17, 15) is 30.9 Å². The highest BCUT2D eigenvalue weighted by molar-refractivity contribution is 8.00. The van der Waals surface area contributed by atoms with Gasteiger partial charge in [-0.1, -0.05) is 12.1 Å². The predicted octanol–water partition coefficient (Wildman–Crippen LogP) is 5.19. The van der Waals surface area contributed by atoms with Crippen molar-refractivity contribution in [1.82, 2.24) is 0 Å². The van der Waals surface area contributed by atoms with Crippen molar-refractivity contribution >= 4 is 28.3 Å². The number of alkyl halides is 6. The minimum Gasteiger partial charge on any atom is -0.296 e. The molecular weight excluding hydrogens is 365 g/mol. The van der Waals surface area contributed by atoms with Crippen molar-refractivity contribution in [2.75, 3.05) is 0 Å². The van der Waals surface area contributed by atoms with Gasteiger partial charge in [-0.15, -0.1) is 0 Å². The van der Waals surface area contributed by atoms with E-state index < -0.39 is 30.0 Å². The van der Waals surface area contributed by atoms with Gasteiger partial charge in [0, 0.05) is 10.6 Å². The van der Waals surface area contributed by atoms with E-state index in [1.165, 1.54) is 0 Å². The minimum absolute atomic E-state index is 0.381. The van der Waals surface area contributed by atoms with Crippen molar-refractivity contribution < 1.29 is 30.9 Å². The van der Waals surface area contributed by atoms with Crippen LogP contribution in [0.25, 0.3) is 0 Å². The van der Waals surface area contributed by atoms with Crippen LogP contribution < -0.4 is 10.6 Å². The molecule has 0 spiro atoms. The number of halogens is 7. The summed E-state index contributed by atoms with van der Waals surface area (Å²) >= 11 is 5.85. The van der Waals surface area contributed by atoms with Crippen molar-refractivity contribution in [3.05, 3.63) is 59.7 Å². The molecule has 2 aromatic carbocycles. The highest BCUT2D eigenvalue weighted by Gasteiger charge is 2.35. The van der Waals surface area contributed by atoms with E-state index in [1.54, 1.807) is 0 Å². The molecule has 9 heteroatoms. The average Bonchev–Trinajstić information content (AvgIpc) is 2.46. The average molecular weight is 373 g/mol. The normalized spacial score (nSPS) is 13.2. The lowest BCUT2D eigenvalue weighted by Crippen LogP contribution is -2.17. The second kappa shape index (κ2) is 5.87. The Morgan fingerprint density at radius 1 is 0.739 bits per heavy atom. The van der Waals surface area contributed by atoms with E-state index in [4.69, 9.17) is 11.2 Å². The smallest absolute Gasteiger partial charge is 0.296 e. The molecule has 0 heterocycles. The van der Waals surface area contributed by atoms with E-state index in [0.717, 1.165) is 36.4 Å². The van der Waals surface area contributed by atoms with Crippen LogP contribution in [-0.4, -0.2) is 0 Å². The molecule has 0 aliphatic heterocycles. The molecule has 2 aromatic rings. The van der Waals surface area contributed by atoms with Crippen molar-refractivity contribution in [2.45, 2.75) is 12.4 Å². The molecule has 0 bridgehead atoms. The topological polar surface area (TPSA) is 17.1 Å². The molecule has 0 fully saturated rings. The van der Waals surface area contributed by atoms with E-state index >= 15 is 0 Å². The van der Waals surface area contributed by atoms with Crippen LogP contribution in [0.2, 0.25) is 0 Å². The first kappa shape index (κ1) is 17.9. The second-order valence-electron chi connectivity index (χ2n) is 4.63.